The van der Waals surface area contributed by atoms with Crippen LogP contribution in [-0.2, 0) is 4.74 Å². The number of hydrogen-bond donors (Lipinski definition) is 1. The quantitative estimate of drug-likeness (QED) is 0.790. The highest BCUT2D eigenvalue weighted by molar-refractivity contribution is 7.13. The van der Waals surface area contributed by atoms with Gasteiger partial charge in [-0.3, -0.25) is 0 Å². The van der Waals surface area contributed by atoms with Gasteiger partial charge >= 0.3 is 0 Å². The molecule has 0 radical (unpaired) electrons. The van der Waals surface area contributed by atoms with Crippen molar-refractivity contribution in [3.8, 4) is 5.88 Å². The molecule has 1 aromatic rings. The molecule has 1 saturated carbocycles. The molecule has 3 rings (SSSR count). The number of hydrogen-bond acceptors (Lipinski definition) is 5. The molecule has 1 saturated heterocycles. The Morgan fingerprint density at radius 1 is 1.53 bits per heavy atom. The molecular formula is C10H14N2O2S. The van der Waals surface area contributed by atoms with Gasteiger partial charge in [-0.25, -0.2) is 0 Å². The maximum Gasteiger partial charge on any atom is 0.223 e. The van der Waals surface area contributed by atoms with E-state index in [-0.39, 0.29) is 5.88 Å². The summed E-state index contributed by atoms with van der Waals surface area (Å²) in [5, 5.41) is 11.9. The van der Waals surface area contributed by atoms with E-state index in [1.165, 1.54) is 30.6 Å². The van der Waals surface area contributed by atoms with Crippen LogP contribution in [0.1, 0.15) is 19.3 Å². The minimum atomic E-state index is 0.135. The molecule has 2 atom stereocenters. The van der Waals surface area contributed by atoms with Crippen LogP contribution in [0.3, 0.4) is 0 Å². The molecular weight excluding hydrogens is 212 g/mol. The third kappa shape index (κ3) is 1.59. The van der Waals surface area contributed by atoms with Crippen LogP contribution < -0.4 is 4.90 Å². The molecule has 0 aromatic carbocycles. The van der Waals surface area contributed by atoms with Crippen molar-refractivity contribution in [2.24, 2.45) is 0 Å². The first-order valence-corrected chi connectivity index (χ1v) is 6.25. The highest BCUT2D eigenvalue weighted by Crippen LogP contribution is 2.35. The standard InChI is InChI=1S/C10H14N2O2S/c13-9-6-15-10(11-9)12-4-5-14-8-3-1-2-7(8)12/h6-8,13H,1-5H2. The van der Waals surface area contributed by atoms with Crippen LogP contribution in [0.25, 0.3) is 0 Å². The predicted molar refractivity (Wildman–Crippen MR) is 58.5 cm³/mol. The first-order chi connectivity index (χ1) is 7.34. The van der Waals surface area contributed by atoms with E-state index in [0.29, 0.717) is 12.1 Å². The van der Waals surface area contributed by atoms with Gasteiger partial charge in [-0.1, -0.05) is 0 Å². The van der Waals surface area contributed by atoms with Crippen molar-refractivity contribution < 1.29 is 9.84 Å². The fraction of sp³-hybridized carbons (Fsp3) is 0.700. The van der Waals surface area contributed by atoms with Gasteiger partial charge in [0.2, 0.25) is 5.88 Å². The Hall–Kier alpha value is -0.810. The molecule has 1 aliphatic heterocycles. The molecule has 1 aromatic heterocycles. The largest absolute Gasteiger partial charge is 0.493 e. The van der Waals surface area contributed by atoms with Gasteiger partial charge in [0.15, 0.2) is 5.13 Å². The molecule has 15 heavy (non-hydrogen) atoms. The molecule has 1 aliphatic carbocycles. The molecule has 5 heteroatoms. The third-order valence-electron chi connectivity index (χ3n) is 3.21. The summed E-state index contributed by atoms with van der Waals surface area (Å²) in [6.07, 6.45) is 3.97. The third-order valence-corrected chi connectivity index (χ3v) is 4.07. The van der Waals surface area contributed by atoms with Crippen molar-refractivity contribution in [3.05, 3.63) is 5.38 Å². The average molecular weight is 226 g/mol. The zero-order valence-electron chi connectivity index (χ0n) is 8.43. The lowest BCUT2D eigenvalue weighted by Gasteiger charge is -2.37. The first kappa shape index (κ1) is 9.42. The number of anilines is 1. The highest BCUT2D eigenvalue weighted by atomic mass is 32.1. The minimum absolute atomic E-state index is 0.135. The lowest BCUT2D eigenvalue weighted by Crippen LogP contribution is -2.48. The highest BCUT2D eigenvalue weighted by Gasteiger charge is 2.37. The number of morpholine rings is 1. The van der Waals surface area contributed by atoms with Gasteiger partial charge in [-0.15, -0.1) is 11.3 Å². The van der Waals surface area contributed by atoms with Crippen LogP contribution in [0.15, 0.2) is 5.38 Å². The van der Waals surface area contributed by atoms with Gasteiger partial charge < -0.3 is 14.7 Å². The summed E-state index contributed by atoms with van der Waals surface area (Å²) in [5.41, 5.74) is 0. The fourth-order valence-corrected chi connectivity index (χ4v) is 3.32. The summed E-state index contributed by atoms with van der Waals surface area (Å²) in [4.78, 5) is 6.44. The first-order valence-electron chi connectivity index (χ1n) is 5.37. The molecule has 82 valence electrons. The van der Waals surface area contributed by atoms with Crippen molar-refractivity contribution in [2.75, 3.05) is 18.1 Å². The van der Waals surface area contributed by atoms with Crippen molar-refractivity contribution in [1.82, 2.24) is 4.98 Å². The number of ether oxygens (including phenoxy) is 1. The summed E-state index contributed by atoms with van der Waals surface area (Å²) in [7, 11) is 0. The number of thiazole rings is 1. The topological polar surface area (TPSA) is 45.6 Å². The average Bonchev–Trinajstić information content (AvgIpc) is 2.84. The summed E-state index contributed by atoms with van der Waals surface area (Å²) < 4.78 is 5.73. The number of rotatable bonds is 1. The van der Waals surface area contributed by atoms with Crippen molar-refractivity contribution >= 4 is 16.5 Å². The van der Waals surface area contributed by atoms with E-state index in [9.17, 15) is 5.11 Å². The summed E-state index contributed by atoms with van der Waals surface area (Å²) in [6, 6.07) is 0.476. The number of nitrogens with zero attached hydrogens (tertiary/aromatic N) is 2. The van der Waals surface area contributed by atoms with E-state index in [1.54, 1.807) is 5.38 Å². The van der Waals surface area contributed by atoms with Gasteiger partial charge in [0.1, 0.15) is 0 Å². The summed E-state index contributed by atoms with van der Waals surface area (Å²) >= 11 is 1.51. The molecule has 2 aliphatic rings. The van der Waals surface area contributed by atoms with Crippen LogP contribution in [0.5, 0.6) is 5.88 Å². The maximum absolute atomic E-state index is 9.27. The second kappa shape index (κ2) is 3.64. The Kier molecular flexibility index (Phi) is 2.29. The van der Waals surface area contributed by atoms with Crippen LogP contribution >= 0.6 is 11.3 Å². The molecule has 0 amide bonds. The molecule has 2 fully saturated rings. The predicted octanol–water partition coefficient (Wildman–Crippen LogP) is 1.61. The summed E-state index contributed by atoms with van der Waals surface area (Å²) in [5.74, 6) is 0.135. The van der Waals surface area contributed by atoms with E-state index in [1.807, 2.05) is 0 Å². The van der Waals surface area contributed by atoms with Crippen molar-refractivity contribution in [3.63, 3.8) is 0 Å². The Morgan fingerprint density at radius 2 is 2.47 bits per heavy atom. The van der Waals surface area contributed by atoms with Gasteiger partial charge in [0.25, 0.3) is 0 Å². The van der Waals surface area contributed by atoms with E-state index >= 15 is 0 Å². The van der Waals surface area contributed by atoms with Gasteiger partial charge in [0.05, 0.1) is 24.1 Å². The Morgan fingerprint density at radius 3 is 3.27 bits per heavy atom. The van der Waals surface area contributed by atoms with Gasteiger partial charge in [0, 0.05) is 6.54 Å². The number of aromatic hydroxyl groups is 1. The molecule has 1 N–H and O–H groups in total. The zero-order valence-corrected chi connectivity index (χ0v) is 9.24. The zero-order chi connectivity index (χ0) is 10.3. The van der Waals surface area contributed by atoms with Crippen molar-refractivity contribution in [2.45, 2.75) is 31.4 Å². The van der Waals surface area contributed by atoms with Crippen molar-refractivity contribution in [1.29, 1.82) is 0 Å². The second-order valence-electron chi connectivity index (χ2n) is 4.09. The van der Waals surface area contributed by atoms with Crippen LogP contribution in [0, 0.1) is 0 Å². The molecule has 0 spiro atoms. The lowest BCUT2D eigenvalue weighted by atomic mass is 10.1. The van der Waals surface area contributed by atoms with Crippen LogP contribution in [-0.4, -0.2) is 35.4 Å². The van der Waals surface area contributed by atoms with Gasteiger partial charge in [-0.05, 0) is 19.3 Å². The molecule has 0 bridgehead atoms. The van der Waals surface area contributed by atoms with Gasteiger partial charge in [-0.2, -0.15) is 4.98 Å². The monoisotopic (exact) mass is 226 g/mol. The Balaban J connectivity index is 1.85. The SMILES string of the molecule is Oc1csc(N2CCOC3CCCC32)n1. The molecule has 2 heterocycles. The van der Waals surface area contributed by atoms with E-state index in [2.05, 4.69) is 9.88 Å². The summed E-state index contributed by atoms with van der Waals surface area (Å²) in [6.45, 7) is 1.68. The minimum Gasteiger partial charge on any atom is -0.493 e. The van der Waals surface area contributed by atoms with Crippen LogP contribution in [0.4, 0.5) is 5.13 Å². The van der Waals surface area contributed by atoms with E-state index < -0.39 is 0 Å². The fourth-order valence-electron chi connectivity index (χ4n) is 2.55. The van der Waals surface area contributed by atoms with Crippen LogP contribution in [0.2, 0.25) is 0 Å². The number of fused-ring (bicyclic) bond motifs is 1. The normalized spacial score (nSPS) is 30.5. The second-order valence-corrected chi connectivity index (χ2v) is 4.93. The lowest BCUT2D eigenvalue weighted by molar-refractivity contribution is 0.0256. The Labute approximate surface area is 92.5 Å². The Bertz CT molecular complexity index is 355. The smallest absolute Gasteiger partial charge is 0.223 e. The molecule has 2 unspecified atom stereocenters. The van der Waals surface area contributed by atoms with E-state index in [4.69, 9.17) is 4.74 Å². The maximum atomic E-state index is 9.27. The number of aromatic nitrogens is 1. The molecule has 4 nitrogen and oxygen atoms in total. The van der Waals surface area contributed by atoms with E-state index in [0.717, 1.165) is 18.3 Å².